The fourth-order valence-electron chi connectivity index (χ4n) is 1.44. The lowest BCUT2D eigenvalue weighted by Gasteiger charge is -2.00. The van der Waals surface area contributed by atoms with Crippen molar-refractivity contribution in [3.8, 4) is 0 Å². The zero-order valence-electron chi connectivity index (χ0n) is 9.97. The van der Waals surface area contributed by atoms with Crippen LogP contribution in [-0.4, -0.2) is 5.91 Å². The number of amides is 1. The predicted molar refractivity (Wildman–Crippen MR) is 71.1 cm³/mol. The van der Waals surface area contributed by atoms with Crippen LogP contribution in [0.4, 0.5) is 0 Å². The summed E-state index contributed by atoms with van der Waals surface area (Å²) in [6.07, 6.45) is 0. The molecule has 0 fully saturated rings. The van der Waals surface area contributed by atoms with Gasteiger partial charge in [0.15, 0.2) is 5.76 Å². The summed E-state index contributed by atoms with van der Waals surface area (Å²) in [5, 5.41) is 0. The highest BCUT2D eigenvalue weighted by molar-refractivity contribution is 7.98. The lowest BCUT2D eigenvalue weighted by atomic mass is 10.2. The number of nitrogens with two attached hydrogens (primary N) is 1. The largest absolute Gasteiger partial charge is 0.455 e. The molecule has 1 aromatic heterocycles. The summed E-state index contributed by atoms with van der Waals surface area (Å²) < 4.78 is 5.37. The van der Waals surface area contributed by atoms with Gasteiger partial charge in [-0.1, -0.05) is 17.7 Å². The number of hydrogen-bond donors (Lipinski definition) is 2. The molecule has 1 amide bonds. The molecule has 0 unspecified atom stereocenters. The fourth-order valence-corrected chi connectivity index (χ4v) is 2.23. The van der Waals surface area contributed by atoms with Gasteiger partial charge >= 0.3 is 5.91 Å². The Hall–Kier alpha value is -1.72. The Kier molecular flexibility index (Phi) is 4.07. The SMILES string of the molecule is Cc1ccc(SCc2ccc(C(=O)NN)o2)cc1. The summed E-state index contributed by atoms with van der Waals surface area (Å²) in [6.45, 7) is 2.05. The van der Waals surface area contributed by atoms with Gasteiger partial charge in [-0.15, -0.1) is 11.8 Å². The smallest absolute Gasteiger partial charge is 0.300 e. The van der Waals surface area contributed by atoms with Gasteiger partial charge in [0.25, 0.3) is 0 Å². The van der Waals surface area contributed by atoms with Gasteiger partial charge in [-0.05, 0) is 31.2 Å². The van der Waals surface area contributed by atoms with E-state index in [0.717, 1.165) is 5.76 Å². The zero-order valence-corrected chi connectivity index (χ0v) is 10.8. The Bertz CT molecular complexity index is 534. The van der Waals surface area contributed by atoms with E-state index in [2.05, 4.69) is 31.2 Å². The average Bonchev–Trinajstić information content (AvgIpc) is 2.86. The van der Waals surface area contributed by atoms with E-state index in [1.165, 1.54) is 10.5 Å². The molecular weight excluding hydrogens is 248 g/mol. The van der Waals surface area contributed by atoms with E-state index in [9.17, 15) is 4.79 Å². The summed E-state index contributed by atoms with van der Waals surface area (Å²) in [4.78, 5) is 12.4. The molecule has 0 atom stereocenters. The minimum atomic E-state index is -0.415. The lowest BCUT2D eigenvalue weighted by Crippen LogP contribution is -2.29. The van der Waals surface area contributed by atoms with E-state index in [0.29, 0.717) is 5.75 Å². The molecule has 0 bridgehead atoms. The predicted octanol–water partition coefficient (Wildman–Crippen LogP) is 2.48. The number of furan rings is 1. The van der Waals surface area contributed by atoms with Crippen molar-refractivity contribution >= 4 is 17.7 Å². The molecule has 0 spiro atoms. The average molecular weight is 262 g/mol. The molecule has 1 heterocycles. The van der Waals surface area contributed by atoms with Crippen LogP contribution >= 0.6 is 11.8 Å². The van der Waals surface area contributed by atoms with Crippen LogP contribution in [0.3, 0.4) is 0 Å². The molecule has 94 valence electrons. The molecule has 2 rings (SSSR count). The van der Waals surface area contributed by atoms with E-state index in [-0.39, 0.29) is 5.76 Å². The monoisotopic (exact) mass is 262 g/mol. The standard InChI is InChI=1S/C13H14N2O2S/c1-9-2-5-11(6-3-9)18-8-10-4-7-12(17-10)13(16)15-14/h2-7H,8,14H2,1H3,(H,15,16). The van der Waals surface area contributed by atoms with Crippen molar-refractivity contribution in [3.05, 3.63) is 53.5 Å². The number of nitrogens with one attached hydrogen (secondary N) is 1. The van der Waals surface area contributed by atoms with Crippen molar-refractivity contribution in [1.82, 2.24) is 5.43 Å². The molecule has 0 saturated heterocycles. The Balaban J connectivity index is 1.96. The van der Waals surface area contributed by atoms with Gasteiger partial charge in [0.2, 0.25) is 0 Å². The van der Waals surface area contributed by atoms with Crippen molar-refractivity contribution in [2.45, 2.75) is 17.6 Å². The number of carbonyl (C=O) groups is 1. The summed E-state index contributed by atoms with van der Waals surface area (Å²) >= 11 is 1.66. The van der Waals surface area contributed by atoms with Gasteiger partial charge in [0, 0.05) is 4.90 Å². The van der Waals surface area contributed by atoms with Crippen LogP contribution in [0.15, 0.2) is 45.7 Å². The highest BCUT2D eigenvalue weighted by Gasteiger charge is 2.09. The minimum Gasteiger partial charge on any atom is -0.455 e. The molecular formula is C13H14N2O2S. The van der Waals surface area contributed by atoms with Crippen LogP contribution in [-0.2, 0) is 5.75 Å². The molecule has 2 aromatic rings. The fraction of sp³-hybridized carbons (Fsp3) is 0.154. The van der Waals surface area contributed by atoms with Gasteiger partial charge in [0.1, 0.15) is 5.76 Å². The summed E-state index contributed by atoms with van der Waals surface area (Å²) in [5.74, 6) is 6.28. The van der Waals surface area contributed by atoms with E-state index < -0.39 is 5.91 Å². The van der Waals surface area contributed by atoms with E-state index >= 15 is 0 Å². The van der Waals surface area contributed by atoms with Crippen molar-refractivity contribution < 1.29 is 9.21 Å². The molecule has 0 aliphatic heterocycles. The number of hydrazine groups is 1. The van der Waals surface area contributed by atoms with Crippen LogP contribution in [0.5, 0.6) is 0 Å². The maximum atomic E-state index is 11.2. The number of aryl methyl sites for hydroxylation is 1. The third-order valence-electron chi connectivity index (χ3n) is 2.42. The molecule has 5 heteroatoms. The molecule has 1 aromatic carbocycles. The number of benzene rings is 1. The Morgan fingerprint density at radius 3 is 2.67 bits per heavy atom. The minimum absolute atomic E-state index is 0.233. The van der Waals surface area contributed by atoms with Crippen molar-refractivity contribution in [2.24, 2.45) is 5.84 Å². The maximum Gasteiger partial charge on any atom is 0.300 e. The summed E-state index contributed by atoms with van der Waals surface area (Å²) in [5.41, 5.74) is 3.27. The quantitative estimate of drug-likeness (QED) is 0.384. The van der Waals surface area contributed by atoms with Crippen LogP contribution in [0, 0.1) is 6.92 Å². The number of hydrogen-bond acceptors (Lipinski definition) is 4. The number of carbonyl (C=O) groups excluding carboxylic acids is 1. The molecule has 4 nitrogen and oxygen atoms in total. The first-order valence-electron chi connectivity index (χ1n) is 5.48. The second-order valence-electron chi connectivity index (χ2n) is 3.84. The van der Waals surface area contributed by atoms with Gasteiger partial charge in [-0.3, -0.25) is 10.2 Å². The van der Waals surface area contributed by atoms with Crippen molar-refractivity contribution in [1.29, 1.82) is 0 Å². The number of thioether (sulfide) groups is 1. The molecule has 0 aliphatic carbocycles. The molecule has 0 radical (unpaired) electrons. The first-order valence-corrected chi connectivity index (χ1v) is 6.47. The zero-order chi connectivity index (χ0) is 13.0. The Morgan fingerprint density at radius 1 is 1.28 bits per heavy atom. The van der Waals surface area contributed by atoms with Gasteiger partial charge in [-0.2, -0.15) is 0 Å². The van der Waals surface area contributed by atoms with E-state index in [4.69, 9.17) is 10.3 Å². The van der Waals surface area contributed by atoms with Crippen LogP contribution in [0.1, 0.15) is 21.9 Å². The second-order valence-corrected chi connectivity index (χ2v) is 4.89. The first-order chi connectivity index (χ1) is 8.69. The van der Waals surface area contributed by atoms with Crippen LogP contribution < -0.4 is 11.3 Å². The number of nitrogen functional groups attached to an aromatic ring is 1. The van der Waals surface area contributed by atoms with Crippen LogP contribution in [0.2, 0.25) is 0 Å². The van der Waals surface area contributed by atoms with Gasteiger partial charge in [0.05, 0.1) is 5.75 Å². The molecule has 3 N–H and O–H groups in total. The van der Waals surface area contributed by atoms with Gasteiger partial charge in [-0.25, -0.2) is 5.84 Å². The highest BCUT2D eigenvalue weighted by atomic mass is 32.2. The van der Waals surface area contributed by atoms with E-state index in [1.54, 1.807) is 23.9 Å². The Morgan fingerprint density at radius 2 is 2.00 bits per heavy atom. The molecule has 0 aliphatic rings. The normalized spacial score (nSPS) is 10.3. The summed E-state index contributed by atoms with van der Waals surface area (Å²) in [6, 6.07) is 11.7. The van der Waals surface area contributed by atoms with E-state index in [1.807, 2.05) is 5.43 Å². The molecule has 0 saturated carbocycles. The first kappa shape index (κ1) is 12.7. The summed E-state index contributed by atoms with van der Waals surface area (Å²) in [7, 11) is 0. The third kappa shape index (κ3) is 3.15. The topological polar surface area (TPSA) is 68.3 Å². The lowest BCUT2D eigenvalue weighted by molar-refractivity contribution is 0.0924. The highest BCUT2D eigenvalue weighted by Crippen LogP contribution is 2.23. The third-order valence-corrected chi connectivity index (χ3v) is 3.45. The van der Waals surface area contributed by atoms with Crippen molar-refractivity contribution in [2.75, 3.05) is 0 Å². The number of rotatable bonds is 4. The second kappa shape index (κ2) is 5.75. The maximum absolute atomic E-state index is 11.2. The van der Waals surface area contributed by atoms with Gasteiger partial charge < -0.3 is 4.42 Å². The Labute approximate surface area is 110 Å². The van der Waals surface area contributed by atoms with Crippen LogP contribution in [0.25, 0.3) is 0 Å². The molecule has 18 heavy (non-hydrogen) atoms. The van der Waals surface area contributed by atoms with Crippen molar-refractivity contribution in [3.63, 3.8) is 0 Å².